The van der Waals surface area contributed by atoms with Crippen LogP contribution in [0.2, 0.25) is 0 Å². The van der Waals surface area contributed by atoms with E-state index in [4.69, 9.17) is 0 Å². The first-order chi connectivity index (χ1) is 3.46. The van der Waals surface area contributed by atoms with Crippen LogP contribution in [0.3, 0.4) is 0 Å². The van der Waals surface area contributed by atoms with Crippen LogP contribution in [0.25, 0.3) is 0 Å². The van der Waals surface area contributed by atoms with Crippen molar-refractivity contribution in [2.75, 3.05) is 0 Å². The summed E-state index contributed by atoms with van der Waals surface area (Å²) in [5.41, 5.74) is 0. The molecule has 0 saturated heterocycles. The Morgan fingerprint density at radius 1 is 0.636 bits per heavy atom. The molecule has 0 aliphatic rings. The molecule has 1 N–H and O–H groups in total. The van der Waals surface area contributed by atoms with Gasteiger partial charge in [0.25, 0.3) is 0 Å². The summed E-state index contributed by atoms with van der Waals surface area (Å²) in [5.74, 6) is 2.83. The van der Waals surface area contributed by atoms with Crippen molar-refractivity contribution in [3.8, 4) is 0 Å². The largest absolute Gasteiger partial charge is 2.00 e. The maximum absolute atomic E-state index is 2.08. The molecule has 0 fully saturated rings. The monoisotopic (exact) mass is 286 g/mol. The molecule has 0 saturated carbocycles. The van der Waals surface area contributed by atoms with E-state index in [1.165, 1.54) is 11.8 Å². The van der Waals surface area contributed by atoms with Gasteiger partial charge in [-0.25, -0.2) is 0 Å². The maximum atomic E-state index is 2.08. The molecule has 0 rings (SSSR count). The third kappa shape index (κ3) is 823. The summed E-state index contributed by atoms with van der Waals surface area (Å²) in [6, 6.07) is 0. The first-order valence-electron chi connectivity index (χ1n) is 3.00. The van der Waals surface area contributed by atoms with E-state index >= 15 is 0 Å². The van der Waals surface area contributed by atoms with Gasteiger partial charge in [-0.3, -0.25) is 0 Å². The molecule has 0 spiro atoms. The van der Waals surface area contributed by atoms with Crippen molar-refractivity contribution in [3.05, 3.63) is 11.8 Å². The molecule has 0 unspecified atom stereocenters. The van der Waals surface area contributed by atoms with Crippen LogP contribution in [-0.4, -0.2) is 29.4 Å². The zero-order valence-corrected chi connectivity index (χ0v) is 11.9. The molecule has 68 valence electrons. The molecule has 0 aliphatic heterocycles. The van der Waals surface area contributed by atoms with Gasteiger partial charge < -0.3 is 17.9 Å². The van der Waals surface area contributed by atoms with Gasteiger partial charge in [0.2, 0.25) is 0 Å². The van der Waals surface area contributed by atoms with Crippen LogP contribution in [-0.2, 0) is 0 Å². The Morgan fingerprint density at radius 2 is 0.636 bits per heavy atom. The van der Waals surface area contributed by atoms with Gasteiger partial charge in [0.1, 0.15) is 0 Å². The minimum Gasteiger partial charge on any atom is -1.00 e. The van der Waals surface area contributed by atoms with E-state index in [-0.39, 0.29) is 41.8 Å². The second-order valence-corrected chi connectivity index (χ2v) is 3.00. The molecule has 0 aliphatic carbocycles. The van der Waals surface area contributed by atoms with E-state index in [9.17, 15) is 0 Å². The molecule has 0 heterocycles. The minimum absolute atomic E-state index is 0. The molecule has 0 aromatic heterocycles. The first kappa shape index (κ1) is 29.6. The average molecular weight is 285 g/mol. The summed E-state index contributed by atoms with van der Waals surface area (Å²) < 4.78 is 0. The SMILES string of the molecule is C[C](C)C.C[C](C)C.[Cl-].[OH-].[Sn+2]. The summed E-state index contributed by atoms with van der Waals surface area (Å²) in [5, 5.41) is 0. The molecule has 0 atom stereocenters. The van der Waals surface area contributed by atoms with Gasteiger partial charge in [0.05, 0.1) is 0 Å². The van der Waals surface area contributed by atoms with E-state index in [1.807, 2.05) is 0 Å². The van der Waals surface area contributed by atoms with E-state index in [2.05, 4.69) is 41.5 Å². The zero-order chi connectivity index (χ0) is 7.15. The Kier molecular flexibility index (Phi) is 60.4. The van der Waals surface area contributed by atoms with Crippen LogP contribution in [0.5, 0.6) is 0 Å². The Labute approximate surface area is 95.0 Å². The summed E-state index contributed by atoms with van der Waals surface area (Å²) >= 11 is 0. The quantitative estimate of drug-likeness (QED) is 0.562. The minimum atomic E-state index is 0. The van der Waals surface area contributed by atoms with Crippen molar-refractivity contribution in [2.45, 2.75) is 41.5 Å². The van der Waals surface area contributed by atoms with Gasteiger partial charge in [-0.05, 0) is 11.8 Å². The summed E-state index contributed by atoms with van der Waals surface area (Å²) in [4.78, 5) is 0. The molecule has 0 amide bonds. The molecule has 3 heteroatoms. The normalized spacial score (nSPS) is 6.55. The van der Waals surface area contributed by atoms with Gasteiger partial charge >= 0.3 is 23.9 Å². The van der Waals surface area contributed by atoms with Crippen LogP contribution in [0.1, 0.15) is 41.5 Å². The topological polar surface area (TPSA) is 30.0 Å². The van der Waals surface area contributed by atoms with Gasteiger partial charge in [0, 0.05) is 0 Å². The Morgan fingerprint density at radius 3 is 0.636 bits per heavy atom. The molecule has 4 radical (unpaired) electrons. The predicted octanol–water partition coefficient (Wildman–Crippen LogP) is -0.312. The number of halogens is 1. The molecular weight excluding hydrogens is 266 g/mol. The van der Waals surface area contributed by atoms with Gasteiger partial charge in [-0.2, -0.15) is 0 Å². The van der Waals surface area contributed by atoms with Crippen molar-refractivity contribution < 1.29 is 17.9 Å². The summed E-state index contributed by atoms with van der Waals surface area (Å²) in [7, 11) is 0. The van der Waals surface area contributed by atoms with Crippen LogP contribution in [0, 0.1) is 11.8 Å². The fourth-order valence-corrected chi connectivity index (χ4v) is 0. The molecule has 1 nitrogen and oxygen atoms in total. The van der Waals surface area contributed by atoms with Crippen molar-refractivity contribution >= 4 is 23.9 Å². The smallest absolute Gasteiger partial charge is 1.00 e. The van der Waals surface area contributed by atoms with Crippen LogP contribution in [0.4, 0.5) is 0 Å². The second kappa shape index (κ2) is 22.5. The van der Waals surface area contributed by atoms with Gasteiger partial charge in [0.15, 0.2) is 0 Å². The van der Waals surface area contributed by atoms with Crippen LogP contribution < -0.4 is 12.4 Å². The standard InChI is InChI=1S/2C4H9.ClH.H2O.Sn/c2*1-4(2)3;;;/h2*1-3H3;1H;1H2;/q;;;;+2/p-2. The number of hydrogen-bond donors (Lipinski definition) is 0. The Bertz CT molecular complexity index is 29.6. The van der Waals surface area contributed by atoms with E-state index < -0.39 is 0 Å². The van der Waals surface area contributed by atoms with E-state index in [0.29, 0.717) is 0 Å². The number of rotatable bonds is 0. The maximum Gasteiger partial charge on any atom is 2.00 e. The molecule has 0 aromatic carbocycles. The van der Waals surface area contributed by atoms with Crippen molar-refractivity contribution in [1.29, 1.82) is 0 Å². The molecule has 11 heavy (non-hydrogen) atoms. The first-order valence-corrected chi connectivity index (χ1v) is 3.00. The third-order valence-corrected chi connectivity index (χ3v) is 0. The molecule has 0 bridgehead atoms. The third-order valence-electron chi connectivity index (χ3n) is 0. The fraction of sp³-hybridized carbons (Fsp3) is 0.750. The Balaban J connectivity index is -0.0000000171. The zero-order valence-electron chi connectivity index (χ0n) is 8.33. The van der Waals surface area contributed by atoms with Crippen LogP contribution in [0.15, 0.2) is 0 Å². The number of hydrogen-bond acceptors (Lipinski definition) is 1. The Hall–Kier alpha value is 1.05. The van der Waals surface area contributed by atoms with Gasteiger partial charge in [-0.1, -0.05) is 41.5 Å². The molecule has 0 aromatic rings. The summed E-state index contributed by atoms with van der Waals surface area (Å²) in [6.07, 6.45) is 0. The van der Waals surface area contributed by atoms with E-state index in [0.717, 1.165) is 0 Å². The predicted molar refractivity (Wildman–Crippen MR) is 48.2 cm³/mol. The fourth-order valence-electron chi connectivity index (χ4n) is 0. The van der Waals surface area contributed by atoms with Crippen molar-refractivity contribution in [3.63, 3.8) is 0 Å². The van der Waals surface area contributed by atoms with Gasteiger partial charge in [-0.15, -0.1) is 0 Å². The van der Waals surface area contributed by atoms with Crippen molar-refractivity contribution in [1.82, 2.24) is 0 Å². The molecular formula is C8H19ClOSn. The second-order valence-electron chi connectivity index (χ2n) is 3.00. The summed E-state index contributed by atoms with van der Waals surface area (Å²) in [6.45, 7) is 12.5. The van der Waals surface area contributed by atoms with Crippen LogP contribution >= 0.6 is 0 Å². The average Bonchev–Trinajstić information content (AvgIpc) is 1.25. The van der Waals surface area contributed by atoms with E-state index in [1.54, 1.807) is 0 Å². The van der Waals surface area contributed by atoms with Crippen molar-refractivity contribution in [2.24, 2.45) is 0 Å².